The zero-order valence-electron chi connectivity index (χ0n) is 11.0. The fourth-order valence-electron chi connectivity index (χ4n) is 2.28. The van der Waals surface area contributed by atoms with Crippen molar-refractivity contribution in [3.63, 3.8) is 0 Å². The molecule has 3 nitrogen and oxygen atoms in total. The summed E-state index contributed by atoms with van der Waals surface area (Å²) >= 11 is 6.97. The zero-order valence-corrected chi connectivity index (χ0v) is 14.2. The molecule has 1 saturated heterocycles. The van der Waals surface area contributed by atoms with Gasteiger partial charge < -0.3 is 4.90 Å². The Morgan fingerprint density at radius 1 is 1.26 bits per heavy atom. The minimum Gasteiger partial charge on any atom is -0.336 e. The van der Waals surface area contributed by atoms with Gasteiger partial charge in [0.05, 0.1) is 5.56 Å². The van der Waals surface area contributed by atoms with Gasteiger partial charge >= 0.3 is 0 Å². The third-order valence-electron chi connectivity index (χ3n) is 3.48. The number of nitrogens with zero attached hydrogens (tertiary/aromatic N) is 2. The largest absolute Gasteiger partial charge is 0.336 e. The van der Waals surface area contributed by atoms with E-state index in [1.54, 1.807) is 0 Å². The highest BCUT2D eigenvalue weighted by atomic mass is 79.9. The van der Waals surface area contributed by atoms with E-state index in [9.17, 15) is 4.79 Å². The molecule has 1 aliphatic heterocycles. The summed E-state index contributed by atoms with van der Waals surface area (Å²) in [4.78, 5) is 16.8. The number of carbonyl (C=O) groups excluding carboxylic acids is 1. The smallest absolute Gasteiger partial charge is 0.255 e. The summed E-state index contributed by atoms with van der Waals surface area (Å²) in [6, 6.07) is 5.84. The molecule has 0 aliphatic carbocycles. The summed E-state index contributed by atoms with van der Waals surface area (Å²) < 4.78 is 0.919. The molecule has 1 amide bonds. The number of piperazine rings is 1. The third-order valence-corrected chi connectivity index (χ3v) is 4.89. The van der Waals surface area contributed by atoms with Crippen LogP contribution in [0.25, 0.3) is 0 Å². The van der Waals surface area contributed by atoms with Crippen LogP contribution in [0.3, 0.4) is 0 Å². The van der Waals surface area contributed by atoms with E-state index in [1.165, 1.54) is 0 Å². The first-order valence-corrected chi connectivity index (χ1v) is 8.37. The van der Waals surface area contributed by atoms with Gasteiger partial charge in [-0.05, 0) is 34.5 Å². The summed E-state index contributed by atoms with van der Waals surface area (Å²) in [6.45, 7) is 6.60. The van der Waals surface area contributed by atoms with Crippen LogP contribution in [0.5, 0.6) is 0 Å². The Hall–Kier alpha value is -0.390. The Labute approximate surface area is 131 Å². The van der Waals surface area contributed by atoms with Gasteiger partial charge in [0.2, 0.25) is 0 Å². The number of hydrogen-bond acceptors (Lipinski definition) is 2. The maximum absolute atomic E-state index is 12.5. The Kier molecular flexibility index (Phi) is 5.42. The van der Waals surface area contributed by atoms with Crippen molar-refractivity contribution in [2.45, 2.75) is 6.92 Å². The second-order valence-corrected chi connectivity index (χ2v) is 6.35. The van der Waals surface area contributed by atoms with Crippen LogP contribution < -0.4 is 0 Å². The maximum atomic E-state index is 12.5. The molecule has 104 valence electrons. The van der Waals surface area contributed by atoms with Crippen LogP contribution in [0.1, 0.15) is 15.9 Å². The number of benzene rings is 1. The van der Waals surface area contributed by atoms with Crippen LogP contribution in [0.4, 0.5) is 0 Å². The van der Waals surface area contributed by atoms with Crippen LogP contribution in [-0.2, 0) is 0 Å². The summed E-state index contributed by atoms with van der Waals surface area (Å²) in [5.41, 5.74) is 1.87. The first kappa shape index (κ1) is 15.0. The molecule has 1 aromatic rings. The lowest BCUT2D eigenvalue weighted by molar-refractivity contribution is 0.0644. The molecule has 1 heterocycles. The summed E-state index contributed by atoms with van der Waals surface area (Å²) in [6.07, 6.45) is 0. The fraction of sp³-hybridized carbons (Fsp3) is 0.500. The number of amides is 1. The molecule has 1 aliphatic rings. The van der Waals surface area contributed by atoms with Gasteiger partial charge in [0.25, 0.3) is 5.91 Å². The Balaban J connectivity index is 2.03. The van der Waals surface area contributed by atoms with Gasteiger partial charge in [-0.2, -0.15) is 0 Å². The lowest BCUT2D eigenvalue weighted by Crippen LogP contribution is -2.49. The Morgan fingerprint density at radius 2 is 1.95 bits per heavy atom. The molecule has 0 saturated carbocycles. The molecule has 1 aromatic carbocycles. The monoisotopic (exact) mass is 388 g/mol. The predicted octanol–water partition coefficient (Wildman–Crippen LogP) is 2.91. The van der Waals surface area contributed by atoms with Crippen molar-refractivity contribution in [1.82, 2.24) is 9.80 Å². The average molecular weight is 390 g/mol. The molecule has 19 heavy (non-hydrogen) atoms. The first-order valence-electron chi connectivity index (χ1n) is 6.46. The minimum atomic E-state index is 0.133. The van der Waals surface area contributed by atoms with E-state index in [0.717, 1.165) is 53.7 Å². The van der Waals surface area contributed by atoms with E-state index in [-0.39, 0.29) is 5.91 Å². The highest BCUT2D eigenvalue weighted by Crippen LogP contribution is 2.22. The van der Waals surface area contributed by atoms with Crippen molar-refractivity contribution in [2.24, 2.45) is 0 Å². The van der Waals surface area contributed by atoms with Crippen molar-refractivity contribution in [3.05, 3.63) is 33.8 Å². The normalized spacial score (nSPS) is 16.7. The van der Waals surface area contributed by atoms with E-state index < -0.39 is 0 Å². The topological polar surface area (TPSA) is 23.6 Å². The standard InChI is InChI=1S/C14H18Br2N2O/c1-11-3-2-4-12(13(11)16)14(19)18-9-7-17(6-5-15)8-10-18/h2-4H,5-10H2,1H3. The Morgan fingerprint density at radius 3 is 2.58 bits per heavy atom. The molecule has 0 aromatic heterocycles. The quantitative estimate of drug-likeness (QED) is 0.742. The molecule has 0 radical (unpaired) electrons. The second kappa shape index (κ2) is 6.86. The number of aryl methyl sites for hydroxylation is 1. The number of alkyl halides is 1. The van der Waals surface area contributed by atoms with Gasteiger partial charge in [-0.25, -0.2) is 0 Å². The SMILES string of the molecule is Cc1cccc(C(=O)N2CCN(CCBr)CC2)c1Br. The number of hydrogen-bond donors (Lipinski definition) is 0. The van der Waals surface area contributed by atoms with Crippen molar-refractivity contribution in [3.8, 4) is 0 Å². The van der Waals surface area contributed by atoms with Crippen LogP contribution in [0.2, 0.25) is 0 Å². The lowest BCUT2D eigenvalue weighted by Gasteiger charge is -2.34. The van der Waals surface area contributed by atoms with E-state index in [2.05, 4.69) is 36.8 Å². The number of carbonyl (C=O) groups is 1. The minimum absolute atomic E-state index is 0.133. The highest BCUT2D eigenvalue weighted by Gasteiger charge is 2.23. The molecule has 1 fully saturated rings. The summed E-state index contributed by atoms with van der Waals surface area (Å²) in [5.74, 6) is 0.133. The highest BCUT2D eigenvalue weighted by molar-refractivity contribution is 9.10. The zero-order chi connectivity index (χ0) is 13.8. The number of rotatable bonds is 3. The van der Waals surface area contributed by atoms with Crippen LogP contribution in [-0.4, -0.2) is 53.8 Å². The van der Waals surface area contributed by atoms with E-state index >= 15 is 0 Å². The van der Waals surface area contributed by atoms with Crippen molar-refractivity contribution >= 4 is 37.8 Å². The molecule has 0 bridgehead atoms. The van der Waals surface area contributed by atoms with Gasteiger partial charge in [-0.3, -0.25) is 9.69 Å². The molecule has 0 spiro atoms. The van der Waals surface area contributed by atoms with Gasteiger partial charge in [0.1, 0.15) is 0 Å². The van der Waals surface area contributed by atoms with Gasteiger partial charge in [0, 0.05) is 42.5 Å². The van der Waals surface area contributed by atoms with Gasteiger partial charge in [-0.15, -0.1) is 0 Å². The second-order valence-electron chi connectivity index (χ2n) is 4.76. The first-order chi connectivity index (χ1) is 9.13. The summed E-state index contributed by atoms with van der Waals surface area (Å²) in [5, 5.41) is 0.990. The lowest BCUT2D eigenvalue weighted by atomic mass is 10.1. The van der Waals surface area contributed by atoms with E-state index in [0.29, 0.717) is 0 Å². The molecule has 0 atom stereocenters. The van der Waals surface area contributed by atoms with Crippen LogP contribution in [0, 0.1) is 6.92 Å². The maximum Gasteiger partial charge on any atom is 0.255 e. The van der Waals surface area contributed by atoms with Gasteiger partial charge in [-0.1, -0.05) is 28.1 Å². The molecular weight excluding hydrogens is 372 g/mol. The molecule has 0 unspecified atom stereocenters. The summed E-state index contributed by atoms with van der Waals surface area (Å²) in [7, 11) is 0. The molecule has 5 heteroatoms. The third kappa shape index (κ3) is 3.58. The van der Waals surface area contributed by atoms with Crippen LogP contribution in [0.15, 0.2) is 22.7 Å². The van der Waals surface area contributed by atoms with Crippen molar-refractivity contribution < 1.29 is 4.79 Å². The molecule has 0 N–H and O–H groups in total. The van der Waals surface area contributed by atoms with E-state index in [1.807, 2.05) is 30.0 Å². The van der Waals surface area contributed by atoms with Crippen molar-refractivity contribution in [1.29, 1.82) is 0 Å². The fourth-order valence-corrected chi connectivity index (χ4v) is 3.21. The van der Waals surface area contributed by atoms with Crippen molar-refractivity contribution in [2.75, 3.05) is 38.1 Å². The average Bonchev–Trinajstić information content (AvgIpc) is 2.42. The Bertz CT molecular complexity index is 457. The molecule has 2 rings (SSSR count). The predicted molar refractivity (Wildman–Crippen MR) is 85.0 cm³/mol. The molecular formula is C14H18Br2N2O. The van der Waals surface area contributed by atoms with Crippen LogP contribution >= 0.6 is 31.9 Å². The van der Waals surface area contributed by atoms with Gasteiger partial charge in [0.15, 0.2) is 0 Å². The number of halogens is 2. The van der Waals surface area contributed by atoms with E-state index in [4.69, 9.17) is 0 Å².